The maximum Gasteiger partial charge on any atom is 0.489 e. The van der Waals surface area contributed by atoms with E-state index in [-0.39, 0.29) is 25.2 Å². The summed E-state index contributed by atoms with van der Waals surface area (Å²) in [5.74, 6) is 0.285. The Bertz CT molecular complexity index is 290. The summed E-state index contributed by atoms with van der Waals surface area (Å²) in [4.78, 5) is 13.3. The van der Waals surface area contributed by atoms with E-state index < -0.39 is 7.75 Å². The lowest BCUT2D eigenvalue weighted by atomic mass is 10.00. The van der Waals surface area contributed by atoms with Crippen molar-refractivity contribution in [2.24, 2.45) is 10.9 Å². The Kier molecular flexibility index (Phi) is 11.2. The summed E-state index contributed by atoms with van der Waals surface area (Å²) in [5.41, 5.74) is 0. The molecule has 0 spiro atoms. The van der Waals surface area contributed by atoms with Crippen molar-refractivity contribution in [2.75, 3.05) is 20.3 Å². The highest BCUT2D eigenvalue weighted by atomic mass is 31.2. The molecule has 120 valence electrons. The summed E-state index contributed by atoms with van der Waals surface area (Å²) in [6.45, 7) is 6.37. The monoisotopic (exact) mass is 309 g/mol. The van der Waals surface area contributed by atoms with Crippen LogP contribution in [-0.4, -0.2) is 26.4 Å². The average molecular weight is 309 g/mol. The highest BCUT2D eigenvalue weighted by Gasteiger charge is 2.28. The predicted molar refractivity (Wildman–Crippen MR) is 79.7 cm³/mol. The van der Waals surface area contributed by atoms with E-state index in [4.69, 9.17) is 13.8 Å². The standard InChI is InChI=1S/C13H28NO5P/c1-5-8-12(9-6-2)10-18-20(16,14-15)19-11-13(7-3)17-4/h12-13H,5-11H2,1-4H3. The first kappa shape index (κ1) is 19.7. The largest absolute Gasteiger partial charge is 0.489 e. The summed E-state index contributed by atoms with van der Waals surface area (Å²) in [6.07, 6.45) is 4.48. The number of hydrogen-bond acceptors (Lipinski definition) is 5. The Morgan fingerprint density at radius 3 is 2.00 bits per heavy atom. The molecule has 7 heteroatoms. The highest BCUT2D eigenvalue weighted by Crippen LogP contribution is 2.50. The summed E-state index contributed by atoms with van der Waals surface area (Å²) >= 11 is 0. The minimum absolute atomic E-state index is 0.0439. The lowest BCUT2D eigenvalue weighted by Crippen LogP contribution is -2.17. The molecule has 2 atom stereocenters. The summed E-state index contributed by atoms with van der Waals surface area (Å²) in [7, 11) is -2.35. The fourth-order valence-electron chi connectivity index (χ4n) is 1.94. The van der Waals surface area contributed by atoms with Crippen LogP contribution < -0.4 is 0 Å². The quantitative estimate of drug-likeness (QED) is 0.369. The number of hydrogen-bond donors (Lipinski definition) is 0. The number of methoxy groups -OCH3 is 1. The Hall–Kier alpha value is -0.290. The van der Waals surface area contributed by atoms with Gasteiger partial charge in [0.05, 0.1) is 19.3 Å². The number of ether oxygens (including phenoxy) is 1. The average Bonchev–Trinajstić information content (AvgIpc) is 2.46. The zero-order valence-electron chi connectivity index (χ0n) is 13.0. The molecule has 0 heterocycles. The molecule has 0 radical (unpaired) electrons. The maximum absolute atomic E-state index is 12.1. The zero-order valence-corrected chi connectivity index (χ0v) is 13.9. The van der Waals surface area contributed by atoms with Crippen LogP contribution in [0.3, 0.4) is 0 Å². The first-order valence-corrected chi connectivity index (χ1v) is 8.81. The van der Waals surface area contributed by atoms with Crippen molar-refractivity contribution in [3.05, 3.63) is 4.91 Å². The van der Waals surface area contributed by atoms with Crippen LogP contribution in [0, 0.1) is 10.8 Å². The van der Waals surface area contributed by atoms with Gasteiger partial charge in [-0.25, -0.2) is 4.57 Å². The van der Waals surface area contributed by atoms with Crippen LogP contribution in [-0.2, 0) is 18.3 Å². The third kappa shape index (κ3) is 8.10. The van der Waals surface area contributed by atoms with Crippen molar-refractivity contribution in [2.45, 2.75) is 59.0 Å². The molecule has 0 rings (SSSR count). The second-order valence-corrected chi connectivity index (χ2v) is 6.47. The first-order chi connectivity index (χ1) is 9.55. The van der Waals surface area contributed by atoms with Crippen LogP contribution in [0.4, 0.5) is 0 Å². The number of nitroso groups, excluding NO2 is 1. The molecule has 0 aliphatic rings. The van der Waals surface area contributed by atoms with Gasteiger partial charge < -0.3 is 4.74 Å². The van der Waals surface area contributed by atoms with E-state index in [0.29, 0.717) is 6.42 Å². The second-order valence-electron chi connectivity index (χ2n) is 4.85. The molecule has 0 aliphatic carbocycles. The Morgan fingerprint density at radius 1 is 1.05 bits per heavy atom. The van der Waals surface area contributed by atoms with Gasteiger partial charge in [-0.05, 0) is 25.2 Å². The molecule has 0 saturated carbocycles. The van der Waals surface area contributed by atoms with E-state index in [9.17, 15) is 9.47 Å². The molecule has 2 unspecified atom stereocenters. The second kappa shape index (κ2) is 11.4. The Balaban J connectivity index is 4.34. The van der Waals surface area contributed by atoms with Crippen LogP contribution in [0.5, 0.6) is 0 Å². The van der Waals surface area contributed by atoms with Gasteiger partial charge >= 0.3 is 7.75 Å². The third-order valence-corrected chi connectivity index (χ3v) is 4.33. The lowest BCUT2D eigenvalue weighted by molar-refractivity contribution is 0.0462. The number of rotatable bonds is 13. The number of nitrogens with zero attached hydrogens (tertiary/aromatic N) is 1. The van der Waals surface area contributed by atoms with Crippen molar-refractivity contribution >= 4 is 7.75 Å². The van der Waals surface area contributed by atoms with Crippen LogP contribution in [0.25, 0.3) is 0 Å². The van der Waals surface area contributed by atoms with Crippen molar-refractivity contribution in [1.82, 2.24) is 0 Å². The topological polar surface area (TPSA) is 74.2 Å². The normalized spacial score (nSPS) is 16.1. The van der Waals surface area contributed by atoms with Gasteiger partial charge in [0, 0.05) is 12.1 Å². The van der Waals surface area contributed by atoms with Crippen molar-refractivity contribution in [3.8, 4) is 0 Å². The molecule has 20 heavy (non-hydrogen) atoms. The lowest BCUT2D eigenvalue weighted by Gasteiger charge is -2.19. The molecule has 0 aliphatic heterocycles. The molecule has 0 N–H and O–H groups in total. The summed E-state index contributed by atoms with van der Waals surface area (Å²) in [5, 5.41) is 0. The molecule has 0 fully saturated rings. The van der Waals surface area contributed by atoms with Gasteiger partial charge in [-0.1, -0.05) is 33.6 Å². The Labute approximate surface area is 122 Å². The predicted octanol–water partition coefficient (Wildman–Crippen LogP) is 4.54. The van der Waals surface area contributed by atoms with Gasteiger partial charge in [0.25, 0.3) is 0 Å². The van der Waals surface area contributed by atoms with Crippen molar-refractivity contribution in [1.29, 1.82) is 0 Å². The molecular formula is C13H28NO5P. The molecule has 0 amide bonds. The maximum atomic E-state index is 12.1. The van der Waals surface area contributed by atoms with Gasteiger partial charge in [0.1, 0.15) is 0 Å². The summed E-state index contributed by atoms with van der Waals surface area (Å²) in [6, 6.07) is 0. The van der Waals surface area contributed by atoms with E-state index in [2.05, 4.69) is 18.8 Å². The summed E-state index contributed by atoms with van der Waals surface area (Å²) < 4.78 is 27.4. The van der Waals surface area contributed by atoms with Gasteiger partial charge in [0.15, 0.2) is 0 Å². The molecule has 0 aromatic heterocycles. The first-order valence-electron chi connectivity index (χ1n) is 7.31. The van der Waals surface area contributed by atoms with Crippen LogP contribution in [0.1, 0.15) is 52.9 Å². The van der Waals surface area contributed by atoms with E-state index in [0.717, 1.165) is 25.7 Å². The van der Waals surface area contributed by atoms with Crippen LogP contribution in [0.15, 0.2) is 4.95 Å². The molecule has 0 aromatic rings. The van der Waals surface area contributed by atoms with Crippen molar-refractivity contribution < 1.29 is 18.3 Å². The van der Waals surface area contributed by atoms with Crippen LogP contribution in [0.2, 0.25) is 0 Å². The minimum atomic E-state index is -3.89. The highest BCUT2D eigenvalue weighted by molar-refractivity contribution is 7.52. The molecule has 0 bridgehead atoms. The molecule has 0 aromatic carbocycles. The molecular weight excluding hydrogens is 281 g/mol. The van der Waals surface area contributed by atoms with E-state index in [1.165, 1.54) is 7.11 Å². The van der Waals surface area contributed by atoms with Gasteiger partial charge in [-0.3, -0.25) is 9.05 Å². The fraction of sp³-hybridized carbons (Fsp3) is 1.00. The Morgan fingerprint density at radius 2 is 1.60 bits per heavy atom. The third-order valence-electron chi connectivity index (χ3n) is 3.18. The van der Waals surface area contributed by atoms with Crippen LogP contribution >= 0.6 is 7.75 Å². The molecule has 0 saturated heterocycles. The van der Waals surface area contributed by atoms with Crippen molar-refractivity contribution in [3.63, 3.8) is 0 Å². The molecule has 6 nitrogen and oxygen atoms in total. The SMILES string of the molecule is CCCC(CCC)COP(=O)(N=O)OCC(CC)OC. The zero-order chi connectivity index (χ0) is 15.4. The van der Waals surface area contributed by atoms with Gasteiger partial charge in [-0.2, -0.15) is 0 Å². The van der Waals surface area contributed by atoms with E-state index in [1.54, 1.807) is 0 Å². The van der Waals surface area contributed by atoms with Gasteiger partial charge in [0.2, 0.25) is 0 Å². The fourth-order valence-corrected chi connectivity index (χ4v) is 2.86. The minimum Gasteiger partial charge on any atom is -0.379 e. The smallest absolute Gasteiger partial charge is 0.379 e. The van der Waals surface area contributed by atoms with E-state index in [1.807, 2.05) is 6.92 Å². The van der Waals surface area contributed by atoms with Gasteiger partial charge in [-0.15, -0.1) is 4.91 Å². The van der Waals surface area contributed by atoms with E-state index >= 15 is 0 Å².